The van der Waals surface area contributed by atoms with Gasteiger partial charge in [-0.3, -0.25) is 0 Å². The van der Waals surface area contributed by atoms with Crippen LogP contribution in [0, 0.1) is 0 Å². The van der Waals surface area contributed by atoms with Crippen molar-refractivity contribution in [3.8, 4) is 0 Å². The van der Waals surface area contributed by atoms with Crippen LogP contribution in [0.2, 0.25) is 4.34 Å². The average molecular weight is 222 g/mol. The highest BCUT2D eigenvalue weighted by atomic mass is 35.5. The largest absolute Gasteiger partial charge is 0.329 e. The fraction of sp³-hybridized carbons (Fsp3) is 0.500. The molecule has 0 fully saturated rings. The molecule has 0 aliphatic carbocycles. The van der Waals surface area contributed by atoms with Crippen molar-refractivity contribution in [2.24, 2.45) is 5.73 Å². The third-order valence-corrected chi connectivity index (χ3v) is 4.17. The molecule has 1 rings (SSSR count). The number of thiophene rings is 1. The summed E-state index contributed by atoms with van der Waals surface area (Å²) in [5.41, 5.74) is 5.64. The fourth-order valence-corrected chi connectivity index (χ4v) is 3.15. The molecule has 0 spiro atoms. The first kappa shape index (κ1) is 10.4. The minimum Gasteiger partial charge on any atom is -0.329 e. The summed E-state index contributed by atoms with van der Waals surface area (Å²) in [6.45, 7) is 2.83. The molecule has 0 amide bonds. The monoisotopic (exact) mass is 221 g/mol. The van der Waals surface area contributed by atoms with Crippen molar-refractivity contribution in [2.45, 2.75) is 12.2 Å². The standard InChI is InChI=1S/C8H12ClNS2/c1-2-11-7(5-10)6-3-4-8(9)12-6/h3-4,7H,2,5,10H2,1H3. The number of rotatable bonds is 4. The van der Waals surface area contributed by atoms with Crippen molar-refractivity contribution < 1.29 is 0 Å². The van der Waals surface area contributed by atoms with Crippen LogP contribution >= 0.6 is 34.7 Å². The lowest BCUT2D eigenvalue weighted by atomic mass is 10.3. The molecule has 1 atom stereocenters. The highest BCUT2D eigenvalue weighted by Gasteiger charge is 2.10. The normalized spacial score (nSPS) is 13.2. The first-order valence-corrected chi connectivity index (χ1v) is 6.09. The Balaban J connectivity index is 2.66. The van der Waals surface area contributed by atoms with E-state index in [2.05, 4.69) is 13.0 Å². The summed E-state index contributed by atoms with van der Waals surface area (Å²) >= 11 is 9.32. The van der Waals surface area contributed by atoms with Crippen molar-refractivity contribution in [3.63, 3.8) is 0 Å². The molecular formula is C8H12ClNS2. The van der Waals surface area contributed by atoms with Crippen molar-refractivity contribution in [1.29, 1.82) is 0 Å². The number of hydrogen-bond acceptors (Lipinski definition) is 3. The molecular weight excluding hydrogens is 210 g/mol. The quantitative estimate of drug-likeness (QED) is 0.846. The molecule has 1 nitrogen and oxygen atoms in total. The van der Waals surface area contributed by atoms with E-state index in [9.17, 15) is 0 Å². The zero-order chi connectivity index (χ0) is 8.97. The molecule has 0 aromatic carbocycles. The summed E-state index contributed by atoms with van der Waals surface area (Å²) in [4.78, 5) is 1.29. The van der Waals surface area contributed by atoms with Crippen LogP contribution in [0.25, 0.3) is 0 Å². The van der Waals surface area contributed by atoms with Crippen LogP contribution in [0.1, 0.15) is 17.1 Å². The van der Waals surface area contributed by atoms with E-state index in [0.717, 1.165) is 10.1 Å². The van der Waals surface area contributed by atoms with Gasteiger partial charge in [0.1, 0.15) is 0 Å². The second-order valence-electron chi connectivity index (χ2n) is 2.32. The summed E-state index contributed by atoms with van der Waals surface area (Å²) in [6, 6.07) is 3.99. The molecule has 1 aromatic rings. The Morgan fingerprint density at radius 1 is 1.67 bits per heavy atom. The Hall–Kier alpha value is 0.300. The van der Waals surface area contributed by atoms with Crippen molar-refractivity contribution in [2.75, 3.05) is 12.3 Å². The van der Waals surface area contributed by atoms with Gasteiger partial charge in [-0.05, 0) is 17.9 Å². The lowest BCUT2D eigenvalue weighted by Gasteiger charge is -2.09. The summed E-state index contributed by atoms with van der Waals surface area (Å²) in [7, 11) is 0. The number of hydrogen-bond donors (Lipinski definition) is 1. The Morgan fingerprint density at radius 2 is 2.42 bits per heavy atom. The molecule has 1 unspecified atom stereocenters. The SMILES string of the molecule is CCSC(CN)c1ccc(Cl)s1. The first-order chi connectivity index (χ1) is 5.77. The van der Waals surface area contributed by atoms with Crippen LogP contribution in [-0.2, 0) is 0 Å². The van der Waals surface area contributed by atoms with E-state index in [1.54, 1.807) is 11.3 Å². The maximum absolute atomic E-state index is 5.83. The number of halogens is 1. The Morgan fingerprint density at radius 3 is 2.83 bits per heavy atom. The summed E-state index contributed by atoms with van der Waals surface area (Å²) < 4.78 is 0.847. The van der Waals surface area contributed by atoms with E-state index in [1.165, 1.54) is 4.88 Å². The second-order valence-corrected chi connectivity index (χ2v) is 5.55. The smallest absolute Gasteiger partial charge is 0.0931 e. The predicted molar refractivity (Wildman–Crippen MR) is 59.3 cm³/mol. The van der Waals surface area contributed by atoms with Gasteiger partial charge >= 0.3 is 0 Å². The Bertz CT molecular complexity index is 237. The minimum absolute atomic E-state index is 0.424. The highest BCUT2D eigenvalue weighted by Crippen LogP contribution is 2.34. The van der Waals surface area contributed by atoms with Crippen LogP contribution in [0.4, 0.5) is 0 Å². The molecule has 12 heavy (non-hydrogen) atoms. The van der Waals surface area contributed by atoms with Gasteiger partial charge in [0.25, 0.3) is 0 Å². The van der Waals surface area contributed by atoms with Gasteiger partial charge < -0.3 is 5.73 Å². The Kier molecular flexibility index (Phi) is 4.43. The third-order valence-electron chi connectivity index (χ3n) is 1.49. The fourth-order valence-electron chi connectivity index (χ4n) is 0.969. The highest BCUT2D eigenvalue weighted by molar-refractivity contribution is 7.99. The van der Waals surface area contributed by atoms with Gasteiger partial charge in [-0.2, -0.15) is 11.8 Å². The minimum atomic E-state index is 0.424. The van der Waals surface area contributed by atoms with Crippen molar-refractivity contribution in [3.05, 3.63) is 21.3 Å². The molecule has 2 N–H and O–H groups in total. The van der Waals surface area contributed by atoms with Gasteiger partial charge in [0.15, 0.2) is 0 Å². The summed E-state index contributed by atoms with van der Waals surface area (Å²) in [5, 5.41) is 0.424. The van der Waals surface area contributed by atoms with E-state index < -0.39 is 0 Å². The molecule has 1 aromatic heterocycles. The predicted octanol–water partition coefficient (Wildman–Crippen LogP) is 3.15. The maximum Gasteiger partial charge on any atom is 0.0931 e. The molecule has 0 aliphatic rings. The summed E-state index contributed by atoms with van der Waals surface area (Å²) in [5.74, 6) is 1.09. The van der Waals surface area contributed by atoms with Gasteiger partial charge in [-0.15, -0.1) is 11.3 Å². The average Bonchev–Trinajstić information content (AvgIpc) is 2.47. The van der Waals surface area contributed by atoms with E-state index in [1.807, 2.05) is 17.8 Å². The topological polar surface area (TPSA) is 26.0 Å². The van der Waals surface area contributed by atoms with Gasteiger partial charge in [0.05, 0.1) is 9.59 Å². The molecule has 68 valence electrons. The lowest BCUT2D eigenvalue weighted by molar-refractivity contribution is 0.961. The zero-order valence-electron chi connectivity index (χ0n) is 6.92. The molecule has 0 saturated carbocycles. The van der Waals surface area contributed by atoms with Gasteiger partial charge in [0, 0.05) is 11.4 Å². The van der Waals surface area contributed by atoms with Crippen LogP contribution < -0.4 is 5.73 Å². The maximum atomic E-state index is 5.83. The van der Waals surface area contributed by atoms with Crippen LogP contribution in [0.5, 0.6) is 0 Å². The zero-order valence-corrected chi connectivity index (χ0v) is 9.31. The van der Waals surface area contributed by atoms with Crippen LogP contribution in [0.15, 0.2) is 12.1 Å². The first-order valence-electron chi connectivity index (χ1n) is 3.84. The van der Waals surface area contributed by atoms with E-state index in [-0.39, 0.29) is 0 Å². The molecule has 4 heteroatoms. The van der Waals surface area contributed by atoms with Crippen molar-refractivity contribution in [1.82, 2.24) is 0 Å². The second kappa shape index (κ2) is 5.12. The number of thioether (sulfide) groups is 1. The molecule has 1 heterocycles. The molecule has 0 aliphatic heterocycles. The van der Waals surface area contributed by atoms with Gasteiger partial charge in [-0.25, -0.2) is 0 Å². The van der Waals surface area contributed by atoms with E-state index in [0.29, 0.717) is 11.8 Å². The Labute approximate surface area is 86.3 Å². The van der Waals surface area contributed by atoms with Gasteiger partial charge in [0.2, 0.25) is 0 Å². The van der Waals surface area contributed by atoms with Gasteiger partial charge in [-0.1, -0.05) is 18.5 Å². The lowest BCUT2D eigenvalue weighted by Crippen LogP contribution is -2.08. The van der Waals surface area contributed by atoms with Crippen LogP contribution in [-0.4, -0.2) is 12.3 Å². The third kappa shape index (κ3) is 2.66. The van der Waals surface area contributed by atoms with Crippen molar-refractivity contribution >= 4 is 34.7 Å². The number of nitrogens with two attached hydrogens (primary N) is 1. The van der Waals surface area contributed by atoms with E-state index >= 15 is 0 Å². The molecule has 0 radical (unpaired) electrons. The molecule has 0 bridgehead atoms. The summed E-state index contributed by atoms with van der Waals surface area (Å²) in [6.07, 6.45) is 0. The molecule has 0 saturated heterocycles. The van der Waals surface area contributed by atoms with E-state index in [4.69, 9.17) is 17.3 Å². The van der Waals surface area contributed by atoms with Crippen LogP contribution in [0.3, 0.4) is 0 Å².